The standard InChI is InChI=1S/C9H9BrN4O/c1-5(11)9-13-8(14-15-9)7-6(10)3-2-4-12-7/h2-5H,11H2,1H3/t5-/m0/s1. The molecule has 2 N–H and O–H groups in total. The number of hydrogen-bond donors (Lipinski definition) is 1. The van der Waals surface area contributed by atoms with Crippen LogP contribution in [0.15, 0.2) is 27.3 Å². The minimum absolute atomic E-state index is 0.270. The third-order valence-electron chi connectivity index (χ3n) is 1.80. The molecule has 0 saturated heterocycles. The highest BCUT2D eigenvalue weighted by Gasteiger charge is 2.14. The van der Waals surface area contributed by atoms with Crippen molar-refractivity contribution in [3.63, 3.8) is 0 Å². The smallest absolute Gasteiger partial charge is 0.243 e. The van der Waals surface area contributed by atoms with Gasteiger partial charge in [0, 0.05) is 10.7 Å². The number of halogens is 1. The number of aromatic nitrogens is 3. The highest BCUT2D eigenvalue weighted by Crippen LogP contribution is 2.23. The predicted molar refractivity (Wildman–Crippen MR) is 57.8 cm³/mol. The van der Waals surface area contributed by atoms with E-state index in [0.29, 0.717) is 17.4 Å². The zero-order chi connectivity index (χ0) is 10.8. The molecule has 0 aliphatic rings. The minimum Gasteiger partial charge on any atom is -0.337 e. The first-order chi connectivity index (χ1) is 7.18. The van der Waals surface area contributed by atoms with Gasteiger partial charge in [0.05, 0.1) is 6.04 Å². The molecule has 0 aromatic carbocycles. The van der Waals surface area contributed by atoms with E-state index in [1.54, 1.807) is 13.1 Å². The zero-order valence-electron chi connectivity index (χ0n) is 8.01. The monoisotopic (exact) mass is 268 g/mol. The van der Waals surface area contributed by atoms with Gasteiger partial charge < -0.3 is 10.3 Å². The predicted octanol–water partition coefficient (Wildman–Crippen LogP) is 1.91. The van der Waals surface area contributed by atoms with Crippen molar-refractivity contribution < 1.29 is 4.52 Å². The lowest BCUT2D eigenvalue weighted by atomic mass is 10.3. The quantitative estimate of drug-likeness (QED) is 0.901. The summed E-state index contributed by atoms with van der Waals surface area (Å²) in [6, 6.07) is 3.42. The van der Waals surface area contributed by atoms with Crippen LogP contribution in [-0.4, -0.2) is 15.1 Å². The van der Waals surface area contributed by atoms with E-state index in [0.717, 1.165) is 4.47 Å². The Kier molecular flexibility index (Phi) is 2.79. The average molecular weight is 269 g/mol. The average Bonchev–Trinajstić information content (AvgIpc) is 2.67. The van der Waals surface area contributed by atoms with Crippen LogP contribution in [0.4, 0.5) is 0 Å². The van der Waals surface area contributed by atoms with Crippen LogP contribution in [0.5, 0.6) is 0 Å². The fraction of sp³-hybridized carbons (Fsp3) is 0.222. The highest BCUT2D eigenvalue weighted by molar-refractivity contribution is 9.10. The van der Waals surface area contributed by atoms with Crippen molar-refractivity contribution in [2.24, 2.45) is 5.73 Å². The third-order valence-corrected chi connectivity index (χ3v) is 2.44. The van der Waals surface area contributed by atoms with Gasteiger partial charge in [-0.3, -0.25) is 4.98 Å². The molecule has 0 unspecified atom stereocenters. The Hall–Kier alpha value is -1.27. The molecule has 0 fully saturated rings. The molecule has 0 radical (unpaired) electrons. The fourth-order valence-electron chi connectivity index (χ4n) is 1.07. The normalized spacial score (nSPS) is 12.7. The first-order valence-corrected chi connectivity index (χ1v) is 5.18. The van der Waals surface area contributed by atoms with Crippen molar-refractivity contribution in [3.05, 3.63) is 28.7 Å². The van der Waals surface area contributed by atoms with Crippen LogP contribution in [0.2, 0.25) is 0 Å². The Morgan fingerprint density at radius 1 is 1.53 bits per heavy atom. The van der Waals surface area contributed by atoms with Crippen molar-refractivity contribution in [3.8, 4) is 11.5 Å². The van der Waals surface area contributed by atoms with Gasteiger partial charge in [-0.15, -0.1) is 0 Å². The number of hydrogen-bond acceptors (Lipinski definition) is 5. The Balaban J connectivity index is 2.42. The van der Waals surface area contributed by atoms with Crippen molar-refractivity contribution >= 4 is 15.9 Å². The largest absolute Gasteiger partial charge is 0.337 e. The third kappa shape index (κ3) is 2.05. The van der Waals surface area contributed by atoms with E-state index in [1.165, 1.54) is 0 Å². The Bertz CT molecular complexity index is 469. The Morgan fingerprint density at radius 2 is 2.33 bits per heavy atom. The number of nitrogens with two attached hydrogens (primary N) is 1. The lowest BCUT2D eigenvalue weighted by Crippen LogP contribution is -2.04. The lowest BCUT2D eigenvalue weighted by Gasteiger charge is -1.96. The van der Waals surface area contributed by atoms with Crippen molar-refractivity contribution in [2.75, 3.05) is 0 Å². The zero-order valence-corrected chi connectivity index (χ0v) is 9.60. The number of pyridine rings is 1. The maximum atomic E-state index is 5.61. The summed E-state index contributed by atoms with van der Waals surface area (Å²) in [5, 5.41) is 3.81. The van der Waals surface area contributed by atoms with E-state index in [-0.39, 0.29) is 6.04 Å². The molecule has 6 heteroatoms. The Labute approximate surface area is 94.8 Å². The SMILES string of the molecule is C[C@H](N)c1nc(-c2ncccc2Br)no1. The molecular weight excluding hydrogens is 260 g/mol. The summed E-state index contributed by atoms with van der Waals surface area (Å²) in [6.45, 7) is 1.78. The molecule has 78 valence electrons. The van der Waals surface area contributed by atoms with Crippen molar-refractivity contribution in [1.82, 2.24) is 15.1 Å². The van der Waals surface area contributed by atoms with Gasteiger partial charge in [0.1, 0.15) is 5.69 Å². The second-order valence-corrected chi connectivity index (χ2v) is 3.93. The van der Waals surface area contributed by atoms with Gasteiger partial charge in [-0.25, -0.2) is 0 Å². The fourth-order valence-corrected chi connectivity index (χ4v) is 1.50. The van der Waals surface area contributed by atoms with Crippen LogP contribution in [0, 0.1) is 0 Å². The Morgan fingerprint density at radius 3 is 2.93 bits per heavy atom. The molecule has 0 spiro atoms. The molecule has 5 nitrogen and oxygen atoms in total. The van der Waals surface area contributed by atoms with E-state index in [2.05, 4.69) is 31.1 Å². The van der Waals surface area contributed by atoms with Gasteiger partial charge in [0.15, 0.2) is 0 Å². The molecule has 2 aromatic heterocycles. The summed E-state index contributed by atoms with van der Waals surface area (Å²) in [4.78, 5) is 8.29. The van der Waals surface area contributed by atoms with Crippen molar-refractivity contribution in [1.29, 1.82) is 0 Å². The molecule has 0 aliphatic heterocycles. The van der Waals surface area contributed by atoms with E-state index >= 15 is 0 Å². The minimum atomic E-state index is -0.270. The second-order valence-electron chi connectivity index (χ2n) is 3.08. The van der Waals surface area contributed by atoms with Crippen LogP contribution in [0.25, 0.3) is 11.5 Å². The van der Waals surface area contributed by atoms with Gasteiger partial charge in [0.25, 0.3) is 0 Å². The topological polar surface area (TPSA) is 77.8 Å². The molecule has 2 heterocycles. The van der Waals surface area contributed by atoms with Crippen LogP contribution in [0.3, 0.4) is 0 Å². The summed E-state index contributed by atoms with van der Waals surface area (Å²) < 4.78 is 5.81. The van der Waals surface area contributed by atoms with E-state index in [4.69, 9.17) is 10.3 Å². The maximum absolute atomic E-state index is 5.61. The van der Waals surface area contributed by atoms with Crippen molar-refractivity contribution in [2.45, 2.75) is 13.0 Å². The molecule has 0 saturated carbocycles. The van der Waals surface area contributed by atoms with E-state index < -0.39 is 0 Å². The molecule has 0 bridgehead atoms. The van der Waals surface area contributed by atoms with E-state index in [9.17, 15) is 0 Å². The van der Waals surface area contributed by atoms with Gasteiger partial charge in [-0.1, -0.05) is 5.16 Å². The summed E-state index contributed by atoms with van der Waals surface area (Å²) >= 11 is 3.36. The summed E-state index contributed by atoms with van der Waals surface area (Å²) in [7, 11) is 0. The first kappa shape index (κ1) is 10.3. The van der Waals surface area contributed by atoms with Crippen LogP contribution in [-0.2, 0) is 0 Å². The summed E-state index contributed by atoms with van der Waals surface area (Å²) in [5.74, 6) is 0.845. The molecule has 2 aromatic rings. The van der Waals surface area contributed by atoms with Gasteiger partial charge in [-0.2, -0.15) is 4.98 Å². The maximum Gasteiger partial charge on any atom is 0.243 e. The first-order valence-electron chi connectivity index (χ1n) is 4.38. The second kappa shape index (κ2) is 4.08. The highest BCUT2D eigenvalue weighted by atomic mass is 79.9. The lowest BCUT2D eigenvalue weighted by molar-refractivity contribution is 0.362. The van der Waals surface area contributed by atoms with Crippen LogP contribution < -0.4 is 5.73 Å². The summed E-state index contributed by atoms with van der Waals surface area (Å²) in [5.41, 5.74) is 6.26. The molecule has 1 atom stereocenters. The van der Waals surface area contributed by atoms with Crippen LogP contribution >= 0.6 is 15.9 Å². The molecule has 0 aliphatic carbocycles. The van der Waals surface area contributed by atoms with Crippen LogP contribution in [0.1, 0.15) is 18.9 Å². The number of nitrogens with zero attached hydrogens (tertiary/aromatic N) is 3. The summed E-state index contributed by atoms with van der Waals surface area (Å²) in [6.07, 6.45) is 1.67. The molecule has 0 amide bonds. The molecule has 15 heavy (non-hydrogen) atoms. The number of rotatable bonds is 2. The molecule has 2 rings (SSSR count). The van der Waals surface area contributed by atoms with Gasteiger partial charge in [0.2, 0.25) is 11.7 Å². The van der Waals surface area contributed by atoms with Gasteiger partial charge in [-0.05, 0) is 35.0 Å². The van der Waals surface area contributed by atoms with Gasteiger partial charge >= 0.3 is 0 Å². The van der Waals surface area contributed by atoms with E-state index in [1.807, 2.05) is 12.1 Å². The molecular formula is C9H9BrN4O.